The Morgan fingerprint density at radius 3 is 1.76 bits per heavy atom. The summed E-state index contributed by atoms with van der Waals surface area (Å²) < 4.78 is 53.4. The van der Waals surface area contributed by atoms with Gasteiger partial charge in [0.2, 0.25) is 0 Å². The zero-order valence-electron chi connectivity index (χ0n) is 9.28. The predicted octanol–water partition coefficient (Wildman–Crippen LogP) is -0.981. The van der Waals surface area contributed by atoms with Gasteiger partial charge in [-0.1, -0.05) is 22.0 Å². The van der Waals surface area contributed by atoms with Crippen LogP contribution in [0.1, 0.15) is 5.56 Å². The number of aryl methyl sites for hydroxylation is 1. The van der Waals surface area contributed by atoms with E-state index in [1.165, 1.54) is 12.1 Å². The number of rotatable bonds is 2. The van der Waals surface area contributed by atoms with Crippen LogP contribution >= 0.6 is 0 Å². The van der Waals surface area contributed by atoms with E-state index in [0.29, 0.717) is 6.26 Å². The second kappa shape index (κ2) is 6.07. The molecule has 0 bridgehead atoms. The standard InChI is InChI=1S/C7H10NO3S.CH4O3S/c1-6-2-4-7(5-3-6)12(9,10)11-8;1-5(2,3)4/h2-5H,1,8H3;1H3,(H,2,3,4)/q+1;/p-1. The number of hydrogen-bond acceptors (Lipinski definition) is 6. The fraction of sp³-hybridized carbons (Fsp3) is 0.250. The third-order valence-electron chi connectivity index (χ3n) is 1.46. The van der Waals surface area contributed by atoms with Gasteiger partial charge in [0, 0.05) is 6.26 Å². The summed E-state index contributed by atoms with van der Waals surface area (Å²) in [6.07, 6.45) is 0.604. The van der Waals surface area contributed by atoms with Gasteiger partial charge in [-0.05, 0) is 19.1 Å². The fourth-order valence-corrected chi connectivity index (χ4v) is 1.38. The van der Waals surface area contributed by atoms with Crippen LogP contribution in [0.5, 0.6) is 0 Å². The molecule has 0 amide bonds. The van der Waals surface area contributed by atoms with Crippen molar-refractivity contribution in [3.63, 3.8) is 0 Å². The summed E-state index contributed by atoms with van der Waals surface area (Å²) in [6, 6.07) is 6.36. The second-order valence-corrected chi connectivity index (χ2v) is 6.11. The first-order chi connectivity index (χ1) is 7.56. The highest BCUT2D eigenvalue weighted by Gasteiger charge is 2.14. The maximum Gasteiger partial charge on any atom is 0.342 e. The summed E-state index contributed by atoms with van der Waals surface area (Å²) in [6.45, 7) is 1.88. The number of quaternary nitrogens is 1. The van der Waals surface area contributed by atoms with Crippen LogP contribution in [0.25, 0.3) is 0 Å². The molecule has 1 aromatic carbocycles. The molecular formula is C8H13NO6S2. The van der Waals surface area contributed by atoms with Crippen molar-refractivity contribution in [2.75, 3.05) is 6.26 Å². The molecule has 17 heavy (non-hydrogen) atoms. The van der Waals surface area contributed by atoms with Crippen LogP contribution in [0.15, 0.2) is 29.2 Å². The summed E-state index contributed by atoms with van der Waals surface area (Å²) in [7, 11) is -7.54. The normalized spacial score (nSPS) is 11.5. The molecule has 3 N–H and O–H groups in total. The Morgan fingerprint density at radius 2 is 1.47 bits per heavy atom. The summed E-state index contributed by atoms with van der Waals surface area (Å²) in [5.41, 5.74) is 0.998. The third kappa shape index (κ3) is 7.82. The van der Waals surface area contributed by atoms with Gasteiger partial charge in [0.25, 0.3) is 0 Å². The van der Waals surface area contributed by atoms with Crippen LogP contribution in [0, 0.1) is 6.92 Å². The van der Waals surface area contributed by atoms with E-state index in [4.69, 9.17) is 13.0 Å². The first-order valence-electron chi connectivity index (χ1n) is 4.22. The lowest BCUT2D eigenvalue weighted by Gasteiger charge is -1.97. The van der Waals surface area contributed by atoms with Crippen LogP contribution in [0.3, 0.4) is 0 Å². The van der Waals surface area contributed by atoms with Crippen molar-refractivity contribution < 1.29 is 31.6 Å². The zero-order chi connectivity index (χ0) is 13.7. The first kappa shape index (κ1) is 16.0. The highest BCUT2D eigenvalue weighted by molar-refractivity contribution is 7.86. The van der Waals surface area contributed by atoms with E-state index in [0.717, 1.165) is 5.56 Å². The highest BCUT2D eigenvalue weighted by atomic mass is 32.2. The Bertz CT molecular complexity index is 538. The molecule has 0 heterocycles. The molecule has 7 nitrogen and oxygen atoms in total. The van der Waals surface area contributed by atoms with Crippen molar-refractivity contribution in [1.82, 2.24) is 0 Å². The van der Waals surface area contributed by atoms with Crippen molar-refractivity contribution >= 4 is 20.2 Å². The molecule has 1 aromatic rings. The number of benzene rings is 1. The Hall–Kier alpha value is -1.00. The minimum atomic E-state index is -3.92. The maximum atomic E-state index is 11.0. The minimum Gasteiger partial charge on any atom is -0.748 e. The van der Waals surface area contributed by atoms with Crippen molar-refractivity contribution in [3.8, 4) is 0 Å². The molecule has 9 heteroatoms. The van der Waals surface area contributed by atoms with Crippen molar-refractivity contribution in [1.29, 1.82) is 0 Å². The van der Waals surface area contributed by atoms with Gasteiger partial charge in [-0.3, -0.25) is 0 Å². The van der Waals surface area contributed by atoms with E-state index < -0.39 is 20.2 Å². The smallest absolute Gasteiger partial charge is 0.342 e. The molecule has 0 aliphatic heterocycles. The first-order valence-corrected chi connectivity index (χ1v) is 7.45. The molecular weight excluding hydrogens is 270 g/mol. The van der Waals surface area contributed by atoms with E-state index in [-0.39, 0.29) is 4.90 Å². The molecule has 0 saturated heterocycles. The average Bonchev–Trinajstić information content (AvgIpc) is 2.16. The largest absolute Gasteiger partial charge is 0.748 e. The summed E-state index contributed by atoms with van der Waals surface area (Å²) >= 11 is 0. The summed E-state index contributed by atoms with van der Waals surface area (Å²) in [5.74, 6) is 2.87. The third-order valence-corrected chi connectivity index (χ3v) is 2.62. The lowest BCUT2D eigenvalue weighted by Crippen LogP contribution is -2.50. The van der Waals surface area contributed by atoms with Crippen LogP contribution < -0.4 is 5.90 Å². The SMILES string of the molecule is CS(=O)(=O)[O-].Cc1ccc(S(=O)(=O)O[NH3+])cc1. The van der Waals surface area contributed by atoms with E-state index in [2.05, 4.69) is 10.2 Å². The Balaban J connectivity index is 0.000000437. The van der Waals surface area contributed by atoms with Gasteiger partial charge < -0.3 is 4.55 Å². The predicted molar refractivity (Wildman–Crippen MR) is 58.0 cm³/mol. The van der Waals surface area contributed by atoms with Gasteiger partial charge in [-0.2, -0.15) is 14.3 Å². The van der Waals surface area contributed by atoms with Crippen LogP contribution in [-0.2, 0) is 24.5 Å². The van der Waals surface area contributed by atoms with E-state index in [9.17, 15) is 8.42 Å². The lowest BCUT2D eigenvalue weighted by molar-refractivity contribution is -0.635. The van der Waals surface area contributed by atoms with Crippen LogP contribution in [-0.4, -0.2) is 27.6 Å². The number of hydrogen-bond donors (Lipinski definition) is 1. The molecule has 0 aromatic heterocycles. The van der Waals surface area contributed by atoms with Gasteiger partial charge in [0.15, 0.2) is 0 Å². The monoisotopic (exact) mass is 283 g/mol. The highest BCUT2D eigenvalue weighted by Crippen LogP contribution is 2.10. The van der Waals surface area contributed by atoms with Gasteiger partial charge in [0.05, 0.1) is 15.0 Å². The zero-order valence-corrected chi connectivity index (χ0v) is 10.9. The van der Waals surface area contributed by atoms with Crippen molar-refractivity contribution in [2.45, 2.75) is 11.8 Å². The molecule has 0 fully saturated rings. The molecule has 0 aliphatic carbocycles. The molecule has 0 radical (unpaired) electrons. The molecule has 0 spiro atoms. The maximum absolute atomic E-state index is 11.0. The Kier molecular flexibility index (Phi) is 5.72. The van der Waals surface area contributed by atoms with Gasteiger partial charge >= 0.3 is 10.1 Å². The summed E-state index contributed by atoms with van der Waals surface area (Å²) in [5, 5.41) is 0. The van der Waals surface area contributed by atoms with Crippen molar-refractivity contribution in [2.24, 2.45) is 0 Å². The summed E-state index contributed by atoms with van der Waals surface area (Å²) in [4.78, 5) is 0.128. The lowest BCUT2D eigenvalue weighted by atomic mass is 10.2. The quantitative estimate of drug-likeness (QED) is 0.548. The topological polar surface area (TPSA) is 128 Å². The average molecular weight is 283 g/mol. The molecule has 1 rings (SSSR count). The van der Waals surface area contributed by atoms with E-state index >= 15 is 0 Å². The minimum absolute atomic E-state index is 0.128. The van der Waals surface area contributed by atoms with Crippen LogP contribution in [0.2, 0.25) is 0 Å². The van der Waals surface area contributed by atoms with E-state index in [1.807, 2.05) is 6.92 Å². The molecule has 0 atom stereocenters. The molecule has 0 aliphatic rings. The Morgan fingerprint density at radius 1 is 1.12 bits per heavy atom. The molecule has 0 saturated carbocycles. The molecule has 0 unspecified atom stereocenters. The fourth-order valence-electron chi connectivity index (χ4n) is 0.773. The van der Waals surface area contributed by atoms with Crippen LogP contribution in [0.4, 0.5) is 0 Å². The van der Waals surface area contributed by atoms with E-state index in [1.54, 1.807) is 12.1 Å². The second-order valence-electron chi connectivity index (χ2n) is 3.09. The molecule has 98 valence electrons. The van der Waals surface area contributed by atoms with Crippen molar-refractivity contribution in [3.05, 3.63) is 29.8 Å². The van der Waals surface area contributed by atoms with Gasteiger partial charge in [-0.25, -0.2) is 8.42 Å². The van der Waals surface area contributed by atoms with Gasteiger partial charge in [0.1, 0.15) is 0 Å². The Labute approximate surface area is 100 Å². The van der Waals surface area contributed by atoms with Gasteiger partial charge in [-0.15, -0.1) is 0 Å².